The Hall–Kier alpha value is -1.36. The number of hydrogen-bond acceptors (Lipinski definition) is 5. The lowest BCUT2D eigenvalue weighted by Crippen LogP contribution is -2.19. The molecule has 0 radical (unpaired) electrons. The summed E-state index contributed by atoms with van der Waals surface area (Å²) in [5, 5.41) is 0. The summed E-state index contributed by atoms with van der Waals surface area (Å²) in [5.41, 5.74) is 0. The topological polar surface area (TPSA) is 55.8 Å². The fraction of sp³-hybridized carbons (Fsp3) is 0.733. The zero-order valence-electron chi connectivity index (χ0n) is 12.9. The van der Waals surface area contributed by atoms with Crippen molar-refractivity contribution in [3.8, 4) is 0 Å². The second kappa shape index (κ2) is 12.7. The number of carbonyl (C=O) groups is 2. The first kappa shape index (κ1) is 18.6. The molecule has 0 saturated carbocycles. The van der Waals surface area contributed by atoms with Gasteiger partial charge in [-0.2, -0.15) is 0 Å². The third-order valence-corrected chi connectivity index (χ3v) is 2.63. The highest BCUT2D eigenvalue weighted by molar-refractivity contribution is 5.91. The van der Waals surface area contributed by atoms with E-state index in [1.807, 2.05) is 19.0 Å². The molecule has 5 nitrogen and oxygen atoms in total. The Morgan fingerprint density at radius 1 is 0.900 bits per heavy atom. The quantitative estimate of drug-likeness (QED) is 0.331. The molecule has 0 bridgehead atoms. The minimum absolute atomic E-state index is 0.308. The van der Waals surface area contributed by atoms with Crippen LogP contribution in [0.1, 0.15) is 39.0 Å². The van der Waals surface area contributed by atoms with E-state index in [9.17, 15) is 9.59 Å². The molecule has 20 heavy (non-hydrogen) atoms. The average molecular weight is 285 g/mol. The zero-order valence-corrected chi connectivity index (χ0v) is 12.9. The largest absolute Gasteiger partial charge is 0.463 e. The number of esters is 2. The van der Waals surface area contributed by atoms with Gasteiger partial charge in [-0.1, -0.05) is 32.6 Å². The first-order valence-corrected chi connectivity index (χ1v) is 7.22. The van der Waals surface area contributed by atoms with E-state index < -0.39 is 11.9 Å². The highest BCUT2D eigenvalue weighted by atomic mass is 16.5. The van der Waals surface area contributed by atoms with Gasteiger partial charge in [0.05, 0.1) is 6.61 Å². The van der Waals surface area contributed by atoms with Gasteiger partial charge < -0.3 is 14.4 Å². The van der Waals surface area contributed by atoms with Crippen LogP contribution >= 0.6 is 0 Å². The van der Waals surface area contributed by atoms with Crippen LogP contribution in [0.2, 0.25) is 0 Å². The van der Waals surface area contributed by atoms with Crippen molar-refractivity contribution < 1.29 is 19.1 Å². The Morgan fingerprint density at radius 3 is 2.00 bits per heavy atom. The van der Waals surface area contributed by atoms with Gasteiger partial charge in [-0.05, 0) is 20.5 Å². The molecule has 0 aliphatic rings. The SMILES string of the molecule is CCCCCCCOC(=O)/C=C/C(=O)OCCN(C)C. The lowest BCUT2D eigenvalue weighted by molar-refractivity contribution is -0.140. The van der Waals surface area contributed by atoms with E-state index in [1.165, 1.54) is 19.3 Å². The van der Waals surface area contributed by atoms with Crippen molar-refractivity contribution in [2.45, 2.75) is 39.0 Å². The Labute approximate surface area is 121 Å². The summed E-state index contributed by atoms with van der Waals surface area (Å²) < 4.78 is 9.87. The second-order valence-electron chi connectivity index (χ2n) is 4.89. The van der Waals surface area contributed by atoms with Gasteiger partial charge in [0.2, 0.25) is 0 Å². The Morgan fingerprint density at radius 2 is 1.45 bits per heavy atom. The van der Waals surface area contributed by atoms with Crippen molar-refractivity contribution in [1.82, 2.24) is 4.90 Å². The van der Waals surface area contributed by atoms with Crippen molar-refractivity contribution in [2.24, 2.45) is 0 Å². The molecule has 0 spiro atoms. The predicted molar refractivity (Wildman–Crippen MR) is 78.4 cm³/mol. The maximum Gasteiger partial charge on any atom is 0.331 e. The molecule has 0 heterocycles. The number of unbranched alkanes of at least 4 members (excludes halogenated alkanes) is 4. The van der Waals surface area contributed by atoms with E-state index >= 15 is 0 Å². The molecule has 0 amide bonds. The molecule has 0 unspecified atom stereocenters. The van der Waals surface area contributed by atoms with Gasteiger partial charge >= 0.3 is 11.9 Å². The molecule has 0 aromatic rings. The fourth-order valence-electron chi connectivity index (χ4n) is 1.44. The maximum absolute atomic E-state index is 11.3. The number of carbonyl (C=O) groups excluding carboxylic acids is 2. The van der Waals surface area contributed by atoms with Crippen LogP contribution in [-0.2, 0) is 19.1 Å². The second-order valence-corrected chi connectivity index (χ2v) is 4.89. The van der Waals surface area contributed by atoms with Crippen LogP contribution in [0, 0.1) is 0 Å². The van der Waals surface area contributed by atoms with Crippen molar-refractivity contribution in [3.63, 3.8) is 0 Å². The van der Waals surface area contributed by atoms with Crippen LogP contribution in [0.3, 0.4) is 0 Å². The standard InChI is InChI=1S/C15H27NO4/c1-4-5-6-7-8-12-19-14(17)9-10-15(18)20-13-11-16(2)3/h9-10H,4-8,11-13H2,1-3H3/b10-9+. The third kappa shape index (κ3) is 13.1. The smallest absolute Gasteiger partial charge is 0.331 e. The van der Waals surface area contributed by atoms with Gasteiger partial charge in [-0.15, -0.1) is 0 Å². The summed E-state index contributed by atoms with van der Waals surface area (Å²) in [6.07, 6.45) is 7.73. The van der Waals surface area contributed by atoms with E-state index in [-0.39, 0.29) is 0 Å². The van der Waals surface area contributed by atoms with Crippen LogP contribution in [0.5, 0.6) is 0 Å². The van der Waals surface area contributed by atoms with Gasteiger partial charge in [-0.3, -0.25) is 0 Å². The number of rotatable bonds is 11. The Bertz CT molecular complexity index is 300. The minimum atomic E-state index is -0.522. The lowest BCUT2D eigenvalue weighted by atomic mass is 10.2. The van der Waals surface area contributed by atoms with Crippen LogP contribution in [-0.4, -0.2) is 50.7 Å². The van der Waals surface area contributed by atoms with E-state index in [0.717, 1.165) is 25.0 Å². The van der Waals surface area contributed by atoms with Crippen molar-refractivity contribution in [1.29, 1.82) is 0 Å². The molecule has 0 aliphatic heterocycles. The molecular formula is C15H27NO4. The third-order valence-electron chi connectivity index (χ3n) is 2.63. The molecule has 0 aliphatic carbocycles. The van der Waals surface area contributed by atoms with Crippen molar-refractivity contribution in [2.75, 3.05) is 33.9 Å². The highest BCUT2D eigenvalue weighted by Crippen LogP contribution is 2.02. The molecule has 0 rings (SSSR count). The van der Waals surface area contributed by atoms with E-state index in [2.05, 4.69) is 6.92 Å². The van der Waals surface area contributed by atoms with Gasteiger partial charge in [0.1, 0.15) is 6.61 Å². The Kier molecular flexibility index (Phi) is 11.8. The maximum atomic E-state index is 11.3. The number of likely N-dealkylation sites (N-methyl/N-ethyl adjacent to an activating group) is 1. The summed E-state index contributed by atoms with van der Waals surface area (Å²) in [6.45, 7) is 3.52. The summed E-state index contributed by atoms with van der Waals surface area (Å²) in [5.74, 6) is -1.02. The zero-order chi connectivity index (χ0) is 15.2. The van der Waals surface area contributed by atoms with Crippen LogP contribution < -0.4 is 0 Å². The fourth-order valence-corrected chi connectivity index (χ4v) is 1.44. The number of nitrogens with zero attached hydrogens (tertiary/aromatic N) is 1. The van der Waals surface area contributed by atoms with Gasteiger partial charge in [0.25, 0.3) is 0 Å². The molecule has 0 aromatic heterocycles. The van der Waals surface area contributed by atoms with Crippen molar-refractivity contribution >= 4 is 11.9 Å². The van der Waals surface area contributed by atoms with E-state index in [1.54, 1.807) is 0 Å². The summed E-state index contributed by atoms with van der Waals surface area (Å²) >= 11 is 0. The molecule has 116 valence electrons. The first-order valence-electron chi connectivity index (χ1n) is 7.22. The monoisotopic (exact) mass is 285 g/mol. The molecule has 0 aromatic carbocycles. The first-order chi connectivity index (χ1) is 9.56. The molecule has 5 heteroatoms. The van der Waals surface area contributed by atoms with Crippen LogP contribution in [0.25, 0.3) is 0 Å². The van der Waals surface area contributed by atoms with E-state index in [0.29, 0.717) is 19.8 Å². The summed E-state index contributed by atoms with van der Waals surface area (Å²) in [4.78, 5) is 24.4. The average Bonchev–Trinajstić information content (AvgIpc) is 2.40. The molecule has 0 N–H and O–H groups in total. The van der Waals surface area contributed by atoms with Gasteiger partial charge in [0, 0.05) is 18.7 Å². The molecule has 0 atom stereocenters. The normalized spacial score (nSPS) is 11.0. The highest BCUT2D eigenvalue weighted by Gasteiger charge is 2.01. The molecular weight excluding hydrogens is 258 g/mol. The lowest BCUT2D eigenvalue weighted by Gasteiger charge is -2.08. The molecule has 0 saturated heterocycles. The van der Waals surface area contributed by atoms with Crippen LogP contribution in [0.15, 0.2) is 12.2 Å². The van der Waals surface area contributed by atoms with Crippen LogP contribution in [0.4, 0.5) is 0 Å². The Balaban J connectivity index is 3.58. The van der Waals surface area contributed by atoms with Gasteiger partial charge in [0.15, 0.2) is 0 Å². The number of ether oxygens (including phenoxy) is 2. The summed E-state index contributed by atoms with van der Waals surface area (Å²) in [6, 6.07) is 0. The van der Waals surface area contributed by atoms with Gasteiger partial charge in [-0.25, -0.2) is 9.59 Å². The number of hydrogen-bond donors (Lipinski definition) is 0. The van der Waals surface area contributed by atoms with Crippen molar-refractivity contribution in [3.05, 3.63) is 12.2 Å². The minimum Gasteiger partial charge on any atom is -0.463 e. The summed E-state index contributed by atoms with van der Waals surface area (Å²) in [7, 11) is 3.78. The van der Waals surface area contributed by atoms with E-state index in [4.69, 9.17) is 9.47 Å². The molecule has 0 fully saturated rings. The predicted octanol–water partition coefficient (Wildman–Crippen LogP) is 2.16.